The van der Waals surface area contributed by atoms with E-state index in [9.17, 15) is 4.79 Å². The maximum atomic E-state index is 11.5. The van der Waals surface area contributed by atoms with Gasteiger partial charge in [0.2, 0.25) is 0 Å². The lowest BCUT2D eigenvalue weighted by atomic mass is 10.1. The summed E-state index contributed by atoms with van der Waals surface area (Å²) < 4.78 is 4.84. The molecule has 1 atom stereocenters. The Morgan fingerprint density at radius 1 is 1.60 bits per heavy atom. The lowest BCUT2D eigenvalue weighted by Crippen LogP contribution is -2.14. The molecule has 0 radical (unpaired) electrons. The van der Waals surface area contributed by atoms with E-state index >= 15 is 0 Å². The second kappa shape index (κ2) is 4.47. The highest BCUT2D eigenvalue weighted by atomic mass is 16.5. The molecule has 4 nitrogen and oxygen atoms in total. The van der Waals surface area contributed by atoms with Crippen molar-refractivity contribution in [2.75, 3.05) is 5.73 Å². The molecule has 0 aliphatic carbocycles. The van der Waals surface area contributed by atoms with Crippen molar-refractivity contribution >= 4 is 11.7 Å². The van der Waals surface area contributed by atoms with Gasteiger partial charge >= 0.3 is 5.97 Å². The molecule has 0 spiro atoms. The summed E-state index contributed by atoms with van der Waals surface area (Å²) in [5.41, 5.74) is 7.20. The summed E-state index contributed by atoms with van der Waals surface area (Å²) in [6, 6.07) is 6.90. The van der Waals surface area contributed by atoms with Crippen LogP contribution in [0.5, 0.6) is 0 Å². The van der Waals surface area contributed by atoms with Gasteiger partial charge in [-0.05, 0) is 26.0 Å². The van der Waals surface area contributed by atoms with Gasteiger partial charge in [-0.2, -0.15) is 5.26 Å². The Balaban J connectivity index is 2.92. The topological polar surface area (TPSA) is 76.1 Å². The number of hydrogen-bond donors (Lipinski definition) is 1. The van der Waals surface area contributed by atoms with Crippen molar-refractivity contribution in [2.45, 2.75) is 20.0 Å². The number of nitrogen functional groups attached to an aromatic ring is 1. The number of anilines is 1. The molecule has 0 heterocycles. The highest BCUT2D eigenvalue weighted by Gasteiger charge is 2.14. The van der Waals surface area contributed by atoms with E-state index in [4.69, 9.17) is 15.7 Å². The number of carbonyl (C=O) groups is 1. The summed E-state index contributed by atoms with van der Waals surface area (Å²) >= 11 is 0. The molecule has 1 aromatic rings. The van der Waals surface area contributed by atoms with Gasteiger partial charge in [0, 0.05) is 5.69 Å². The fraction of sp³-hybridized carbons (Fsp3) is 0.273. The number of aryl methyl sites for hydroxylation is 1. The molecule has 0 fully saturated rings. The summed E-state index contributed by atoms with van der Waals surface area (Å²) in [6.07, 6.45) is -0.766. The van der Waals surface area contributed by atoms with Gasteiger partial charge in [0.25, 0.3) is 0 Å². The molecule has 0 aliphatic rings. The van der Waals surface area contributed by atoms with Crippen molar-refractivity contribution in [1.82, 2.24) is 0 Å². The van der Waals surface area contributed by atoms with Gasteiger partial charge in [-0.3, -0.25) is 0 Å². The fourth-order valence-electron chi connectivity index (χ4n) is 1.10. The smallest absolute Gasteiger partial charge is 0.341 e. The third-order valence-corrected chi connectivity index (χ3v) is 1.89. The number of nitriles is 1. The van der Waals surface area contributed by atoms with Crippen LogP contribution >= 0.6 is 0 Å². The zero-order valence-corrected chi connectivity index (χ0v) is 8.65. The first-order valence-electron chi connectivity index (χ1n) is 4.51. The molecule has 0 aromatic heterocycles. The van der Waals surface area contributed by atoms with E-state index in [0.29, 0.717) is 11.3 Å². The lowest BCUT2D eigenvalue weighted by molar-refractivity contribution is 0.0436. The van der Waals surface area contributed by atoms with Crippen LogP contribution in [0.1, 0.15) is 22.8 Å². The number of esters is 1. The SMILES string of the molecule is Cc1ccc(N)c(C(=O)OC(C)C#N)c1. The van der Waals surface area contributed by atoms with Crippen LogP contribution in [0.3, 0.4) is 0 Å². The van der Waals surface area contributed by atoms with Gasteiger partial charge in [0.15, 0.2) is 6.10 Å². The van der Waals surface area contributed by atoms with Crippen LogP contribution in [0.2, 0.25) is 0 Å². The van der Waals surface area contributed by atoms with Crippen LogP contribution < -0.4 is 5.73 Å². The van der Waals surface area contributed by atoms with Gasteiger partial charge in [0.05, 0.1) is 5.56 Å². The van der Waals surface area contributed by atoms with Crippen molar-refractivity contribution in [3.05, 3.63) is 29.3 Å². The highest BCUT2D eigenvalue weighted by molar-refractivity contribution is 5.95. The number of rotatable bonds is 2. The normalized spacial score (nSPS) is 11.5. The zero-order valence-electron chi connectivity index (χ0n) is 8.65. The third-order valence-electron chi connectivity index (χ3n) is 1.89. The molecule has 0 bridgehead atoms. The lowest BCUT2D eigenvalue weighted by Gasteiger charge is -2.08. The molecule has 15 heavy (non-hydrogen) atoms. The predicted octanol–water partition coefficient (Wildman–Crippen LogP) is 1.65. The molecule has 78 valence electrons. The Morgan fingerprint density at radius 3 is 2.87 bits per heavy atom. The summed E-state index contributed by atoms with van der Waals surface area (Å²) in [5.74, 6) is -0.565. The standard InChI is InChI=1S/C11H12N2O2/c1-7-3-4-10(13)9(5-7)11(14)15-8(2)6-12/h3-5,8H,13H2,1-2H3. The molecule has 1 aromatic carbocycles. The molecule has 1 unspecified atom stereocenters. The van der Waals surface area contributed by atoms with Crippen molar-refractivity contribution in [2.24, 2.45) is 0 Å². The largest absolute Gasteiger partial charge is 0.444 e. The van der Waals surface area contributed by atoms with Gasteiger partial charge < -0.3 is 10.5 Å². The van der Waals surface area contributed by atoms with Crippen LogP contribution in [-0.4, -0.2) is 12.1 Å². The Hall–Kier alpha value is -2.02. The minimum absolute atomic E-state index is 0.303. The number of carbonyl (C=O) groups excluding carboxylic acids is 1. The molecule has 2 N–H and O–H groups in total. The number of hydrogen-bond acceptors (Lipinski definition) is 4. The minimum atomic E-state index is -0.766. The van der Waals surface area contributed by atoms with Gasteiger partial charge in [-0.15, -0.1) is 0 Å². The van der Waals surface area contributed by atoms with Gasteiger partial charge in [-0.25, -0.2) is 4.79 Å². The number of nitrogens with two attached hydrogens (primary N) is 1. The summed E-state index contributed by atoms with van der Waals surface area (Å²) in [6.45, 7) is 3.35. The average Bonchev–Trinajstić information content (AvgIpc) is 2.21. The first-order valence-corrected chi connectivity index (χ1v) is 4.51. The van der Waals surface area contributed by atoms with Crippen LogP contribution in [0.15, 0.2) is 18.2 Å². The molecule has 0 saturated heterocycles. The minimum Gasteiger partial charge on any atom is -0.444 e. The van der Waals surface area contributed by atoms with Crippen molar-refractivity contribution < 1.29 is 9.53 Å². The van der Waals surface area contributed by atoms with Crippen molar-refractivity contribution in [1.29, 1.82) is 5.26 Å². The van der Waals surface area contributed by atoms with E-state index in [0.717, 1.165) is 5.56 Å². The Morgan fingerprint density at radius 2 is 2.27 bits per heavy atom. The van der Waals surface area contributed by atoms with E-state index in [1.807, 2.05) is 13.0 Å². The molecule has 1 rings (SSSR count). The maximum absolute atomic E-state index is 11.5. The molecule has 0 amide bonds. The first-order chi connectivity index (χ1) is 7.04. The van der Waals surface area contributed by atoms with Crippen LogP contribution in [0.4, 0.5) is 5.69 Å². The quantitative estimate of drug-likeness (QED) is 0.587. The highest BCUT2D eigenvalue weighted by Crippen LogP contribution is 2.15. The maximum Gasteiger partial charge on any atom is 0.341 e. The first kappa shape index (κ1) is 11.1. The van der Waals surface area contributed by atoms with E-state index < -0.39 is 12.1 Å². The summed E-state index contributed by atoms with van der Waals surface area (Å²) in [7, 11) is 0. The molecule has 0 saturated carbocycles. The Labute approximate surface area is 88.3 Å². The Bertz CT molecular complexity index is 421. The number of ether oxygens (including phenoxy) is 1. The van der Waals surface area contributed by atoms with Crippen LogP contribution in [0, 0.1) is 18.3 Å². The van der Waals surface area contributed by atoms with Crippen molar-refractivity contribution in [3.8, 4) is 6.07 Å². The number of benzene rings is 1. The zero-order chi connectivity index (χ0) is 11.4. The van der Waals surface area contributed by atoms with Gasteiger partial charge in [-0.1, -0.05) is 11.6 Å². The van der Waals surface area contributed by atoms with E-state index in [-0.39, 0.29) is 0 Å². The Kier molecular flexibility index (Phi) is 3.29. The van der Waals surface area contributed by atoms with E-state index in [2.05, 4.69) is 0 Å². The second-order valence-corrected chi connectivity index (χ2v) is 3.27. The summed E-state index contributed by atoms with van der Waals surface area (Å²) in [4.78, 5) is 11.5. The number of nitrogens with zero attached hydrogens (tertiary/aromatic N) is 1. The average molecular weight is 204 g/mol. The predicted molar refractivity (Wildman–Crippen MR) is 56.1 cm³/mol. The molecular formula is C11H12N2O2. The third kappa shape index (κ3) is 2.71. The van der Waals surface area contributed by atoms with Crippen LogP contribution in [-0.2, 0) is 4.74 Å². The van der Waals surface area contributed by atoms with Gasteiger partial charge in [0.1, 0.15) is 6.07 Å². The molecular weight excluding hydrogens is 192 g/mol. The summed E-state index contributed by atoms with van der Waals surface area (Å²) in [5, 5.41) is 8.50. The van der Waals surface area contributed by atoms with Crippen LogP contribution in [0.25, 0.3) is 0 Å². The van der Waals surface area contributed by atoms with E-state index in [1.165, 1.54) is 6.92 Å². The molecule has 0 aliphatic heterocycles. The second-order valence-electron chi connectivity index (χ2n) is 3.27. The molecule has 4 heteroatoms. The van der Waals surface area contributed by atoms with E-state index in [1.54, 1.807) is 18.2 Å². The monoisotopic (exact) mass is 204 g/mol. The fourth-order valence-corrected chi connectivity index (χ4v) is 1.10. The van der Waals surface area contributed by atoms with Crippen molar-refractivity contribution in [3.63, 3.8) is 0 Å².